The summed E-state index contributed by atoms with van der Waals surface area (Å²) in [6, 6.07) is 4.59. The number of benzene rings is 1. The van der Waals surface area contributed by atoms with E-state index in [1.165, 1.54) is 6.07 Å². The highest BCUT2D eigenvalue weighted by atomic mass is 16.3. The number of H-pyrrole nitrogens is 1. The van der Waals surface area contributed by atoms with E-state index in [2.05, 4.69) is 21.8 Å². The van der Waals surface area contributed by atoms with Gasteiger partial charge >= 0.3 is 0 Å². The van der Waals surface area contributed by atoms with Crippen LogP contribution in [0.3, 0.4) is 0 Å². The molecule has 3 rings (SSSR count). The largest absolute Gasteiger partial charge is 0.508 e. The SMILES string of the molecule is CCCc1nc2c(c(=O)[nH]1)CN(Cc1ccc(O)cc1O)CC2. The first-order valence-electron chi connectivity index (χ1n) is 7.91. The molecule has 1 aliphatic rings. The Morgan fingerprint density at radius 2 is 2.17 bits per heavy atom. The van der Waals surface area contributed by atoms with Gasteiger partial charge in [0.15, 0.2) is 0 Å². The highest BCUT2D eigenvalue weighted by molar-refractivity contribution is 5.39. The fraction of sp³-hybridized carbons (Fsp3) is 0.412. The number of nitrogens with zero attached hydrogens (tertiary/aromatic N) is 2. The Labute approximate surface area is 134 Å². The second-order valence-electron chi connectivity index (χ2n) is 5.96. The first kappa shape index (κ1) is 15.6. The number of aromatic nitrogens is 2. The molecule has 0 unspecified atom stereocenters. The Kier molecular flexibility index (Phi) is 4.34. The van der Waals surface area contributed by atoms with Gasteiger partial charge < -0.3 is 15.2 Å². The van der Waals surface area contributed by atoms with Crippen LogP contribution in [0.5, 0.6) is 11.5 Å². The molecule has 0 atom stereocenters. The van der Waals surface area contributed by atoms with E-state index in [9.17, 15) is 15.0 Å². The number of hydrogen-bond donors (Lipinski definition) is 3. The quantitative estimate of drug-likeness (QED) is 0.799. The highest BCUT2D eigenvalue weighted by Gasteiger charge is 2.21. The van der Waals surface area contributed by atoms with Gasteiger partial charge in [-0.25, -0.2) is 4.98 Å². The summed E-state index contributed by atoms with van der Waals surface area (Å²) < 4.78 is 0. The Morgan fingerprint density at radius 1 is 1.35 bits per heavy atom. The second-order valence-corrected chi connectivity index (χ2v) is 5.96. The lowest BCUT2D eigenvalue weighted by atomic mass is 10.1. The molecule has 0 fully saturated rings. The summed E-state index contributed by atoms with van der Waals surface area (Å²) in [5, 5.41) is 19.3. The predicted molar refractivity (Wildman–Crippen MR) is 86.4 cm³/mol. The van der Waals surface area contributed by atoms with Crippen LogP contribution in [0.15, 0.2) is 23.0 Å². The third-order valence-corrected chi connectivity index (χ3v) is 4.15. The lowest BCUT2D eigenvalue weighted by Gasteiger charge is -2.28. The molecule has 122 valence electrons. The maximum absolute atomic E-state index is 12.3. The molecule has 23 heavy (non-hydrogen) atoms. The maximum atomic E-state index is 12.3. The van der Waals surface area contributed by atoms with Crippen molar-refractivity contribution in [1.29, 1.82) is 0 Å². The van der Waals surface area contributed by atoms with Gasteiger partial charge in [0.05, 0.1) is 11.3 Å². The number of fused-ring (bicyclic) bond motifs is 1. The van der Waals surface area contributed by atoms with E-state index in [-0.39, 0.29) is 17.1 Å². The lowest BCUT2D eigenvalue weighted by Crippen LogP contribution is -2.35. The topological polar surface area (TPSA) is 89.5 Å². The summed E-state index contributed by atoms with van der Waals surface area (Å²) in [5.41, 5.74) is 2.29. The van der Waals surface area contributed by atoms with Gasteiger partial charge in [-0.15, -0.1) is 0 Å². The average Bonchev–Trinajstić information content (AvgIpc) is 2.51. The zero-order valence-electron chi connectivity index (χ0n) is 13.2. The van der Waals surface area contributed by atoms with Crippen molar-refractivity contribution in [3.05, 3.63) is 51.2 Å². The molecule has 0 spiro atoms. The number of rotatable bonds is 4. The molecule has 2 aromatic rings. The van der Waals surface area contributed by atoms with E-state index < -0.39 is 0 Å². The summed E-state index contributed by atoms with van der Waals surface area (Å²) >= 11 is 0. The Balaban J connectivity index is 1.79. The van der Waals surface area contributed by atoms with Crippen LogP contribution in [0.25, 0.3) is 0 Å². The van der Waals surface area contributed by atoms with Gasteiger partial charge in [-0.05, 0) is 12.5 Å². The van der Waals surface area contributed by atoms with Crippen molar-refractivity contribution in [2.45, 2.75) is 39.3 Å². The average molecular weight is 315 g/mol. The molecule has 0 aliphatic carbocycles. The van der Waals surface area contributed by atoms with Crippen LogP contribution >= 0.6 is 0 Å². The standard InChI is InChI=1S/C17H21N3O3/c1-2-3-16-18-14-6-7-20(10-13(14)17(23)19-16)9-11-4-5-12(21)8-15(11)22/h4-5,8,21-22H,2-3,6-7,9-10H2,1H3,(H,18,19,23). The zero-order chi connectivity index (χ0) is 16.4. The minimum absolute atomic E-state index is 0.0411. The monoisotopic (exact) mass is 315 g/mol. The Morgan fingerprint density at radius 3 is 2.91 bits per heavy atom. The molecule has 6 heteroatoms. The highest BCUT2D eigenvalue weighted by Crippen LogP contribution is 2.25. The Bertz CT molecular complexity index is 770. The van der Waals surface area contributed by atoms with Crippen LogP contribution in [0.1, 0.15) is 36.0 Å². The number of aromatic amines is 1. The molecule has 1 aromatic carbocycles. The van der Waals surface area contributed by atoms with E-state index in [1.54, 1.807) is 12.1 Å². The van der Waals surface area contributed by atoms with Gasteiger partial charge in [0.25, 0.3) is 5.56 Å². The fourth-order valence-electron chi connectivity index (χ4n) is 2.95. The first-order chi connectivity index (χ1) is 11.1. The van der Waals surface area contributed by atoms with Gasteiger partial charge in [0.1, 0.15) is 17.3 Å². The molecular weight excluding hydrogens is 294 g/mol. The molecule has 0 bridgehead atoms. The van der Waals surface area contributed by atoms with Gasteiger partial charge in [-0.2, -0.15) is 0 Å². The van der Waals surface area contributed by atoms with Crippen LogP contribution in [0, 0.1) is 0 Å². The van der Waals surface area contributed by atoms with E-state index in [4.69, 9.17) is 0 Å². The van der Waals surface area contributed by atoms with Gasteiger partial charge in [-0.3, -0.25) is 9.69 Å². The fourth-order valence-corrected chi connectivity index (χ4v) is 2.95. The number of aryl methyl sites for hydroxylation is 1. The molecule has 1 aliphatic heterocycles. The lowest BCUT2D eigenvalue weighted by molar-refractivity contribution is 0.238. The van der Waals surface area contributed by atoms with E-state index in [1.807, 2.05) is 0 Å². The number of aromatic hydroxyl groups is 2. The van der Waals surface area contributed by atoms with Gasteiger partial charge in [0, 0.05) is 44.1 Å². The third-order valence-electron chi connectivity index (χ3n) is 4.15. The van der Waals surface area contributed by atoms with Crippen molar-refractivity contribution >= 4 is 0 Å². The minimum atomic E-state index is -0.0573. The molecule has 2 heterocycles. The van der Waals surface area contributed by atoms with E-state index in [0.717, 1.165) is 48.5 Å². The normalized spacial score (nSPS) is 14.7. The summed E-state index contributed by atoms with van der Waals surface area (Å²) in [6.45, 7) is 3.90. The van der Waals surface area contributed by atoms with Crippen LogP contribution in [-0.4, -0.2) is 31.6 Å². The number of nitrogens with one attached hydrogen (secondary N) is 1. The van der Waals surface area contributed by atoms with Crippen LogP contribution in [0.2, 0.25) is 0 Å². The van der Waals surface area contributed by atoms with Crippen molar-refractivity contribution in [3.8, 4) is 11.5 Å². The van der Waals surface area contributed by atoms with Crippen LogP contribution in [-0.2, 0) is 25.9 Å². The van der Waals surface area contributed by atoms with E-state index >= 15 is 0 Å². The summed E-state index contributed by atoms with van der Waals surface area (Å²) in [5.74, 6) is 0.876. The molecule has 0 amide bonds. The van der Waals surface area contributed by atoms with Crippen LogP contribution < -0.4 is 5.56 Å². The number of hydrogen-bond acceptors (Lipinski definition) is 5. The molecule has 3 N–H and O–H groups in total. The second kappa shape index (κ2) is 6.42. The van der Waals surface area contributed by atoms with Gasteiger partial charge in [0.2, 0.25) is 0 Å². The van der Waals surface area contributed by atoms with Crippen molar-refractivity contribution < 1.29 is 10.2 Å². The summed E-state index contributed by atoms with van der Waals surface area (Å²) in [4.78, 5) is 21.8. The summed E-state index contributed by atoms with van der Waals surface area (Å²) in [6.07, 6.45) is 2.47. The molecular formula is C17H21N3O3. The molecule has 0 saturated heterocycles. The third kappa shape index (κ3) is 3.37. The van der Waals surface area contributed by atoms with E-state index in [0.29, 0.717) is 13.1 Å². The minimum Gasteiger partial charge on any atom is -0.508 e. The smallest absolute Gasteiger partial charge is 0.255 e. The van der Waals surface area contributed by atoms with Crippen molar-refractivity contribution in [3.63, 3.8) is 0 Å². The van der Waals surface area contributed by atoms with Crippen LogP contribution in [0.4, 0.5) is 0 Å². The molecule has 0 saturated carbocycles. The Hall–Kier alpha value is -2.34. The number of phenols is 2. The van der Waals surface area contributed by atoms with Crippen molar-refractivity contribution in [1.82, 2.24) is 14.9 Å². The first-order valence-corrected chi connectivity index (χ1v) is 7.91. The molecule has 1 aromatic heterocycles. The van der Waals surface area contributed by atoms with Crippen molar-refractivity contribution in [2.75, 3.05) is 6.54 Å². The summed E-state index contributed by atoms with van der Waals surface area (Å²) in [7, 11) is 0. The molecule has 6 nitrogen and oxygen atoms in total. The zero-order valence-corrected chi connectivity index (χ0v) is 13.2. The predicted octanol–water partition coefficient (Wildman–Crippen LogP) is 1.69. The van der Waals surface area contributed by atoms with Gasteiger partial charge in [-0.1, -0.05) is 13.0 Å². The number of phenolic OH excluding ortho intramolecular Hbond substituents is 2. The maximum Gasteiger partial charge on any atom is 0.255 e. The van der Waals surface area contributed by atoms with Crippen molar-refractivity contribution in [2.24, 2.45) is 0 Å². The molecule has 0 radical (unpaired) electrons.